The maximum atomic E-state index is 13.2. The molecule has 1 aliphatic heterocycles. The summed E-state index contributed by atoms with van der Waals surface area (Å²) in [6.45, 7) is 12.2. The topological polar surface area (TPSA) is 94.5 Å². The lowest BCUT2D eigenvalue weighted by Crippen LogP contribution is -2.49. The van der Waals surface area contributed by atoms with Crippen LogP contribution in [0.25, 0.3) is 0 Å². The van der Waals surface area contributed by atoms with Crippen molar-refractivity contribution in [2.75, 3.05) is 20.5 Å². The summed E-state index contributed by atoms with van der Waals surface area (Å²) in [6.07, 6.45) is -1.71. The van der Waals surface area contributed by atoms with E-state index in [1.165, 1.54) is 0 Å². The van der Waals surface area contributed by atoms with Gasteiger partial charge in [0, 0.05) is 19.4 Å². The fourth-order valence-electron chi connectivity index (χ4n) is 4.35. The minimum atomic E-state index is -1.03. The Morgan fingerprint density at radius 3 is 2.31 bits per heavy atom. The molecule has 1 saturated heterocycles. The molecule has 0 spiro atoms. The third-order valence-electron chi connectivity index (χ3n) is 6.85. The van der Waals surface area contributed by atoms with Crippen molar-refractivity contribution in [1.29, 1.82) is 0 Å². The van der Waals surface area contributed by atoms with Crippen molar-refractivity contribution in [2.24, 2.45) is 23.7 Å². The lowest BCUT2D eigenvalue weighted by molar-refractivity contribution is -0.148. The first-order valence-electron chi connectivity index (χ1n) is 12.5. The van der Waals surface area contributed by atoms with Crippen molar-refractivity contribution >= 4 is 12.0 Å². The predicted octanol–water partition coefficient (Wildman–Crippen LogP) is 4.24. The van der Waals surface area contributed by atoms with Crippen molar-refractivity contribution in [1.82, 2.24) is 4.90 Å². The molecule has 1 fully saturated rings. The Morgan fingerprint density at radius 1 is 1.09 bits per heavy atom. The fourth-order valence-corrected chi connectivity index (χ4v) is 4.35. The van der Waals surface area contributed by atoms with Crippen LogP contribution in [0.3, 0.4) is 0 Å². The van der Waals surface area contributed by atoms with Gasteiger partial charge in [-0.05, 0) is 17.4 Å². The number of rotatable bonds is 14. The van der Waals surface area contributed by atoms with E-state index in [-0.39, 0.29) is 37.4 Å². The Hall–Kier alpha value is -2.00. The molecule has 8 nitrogen and oxygen atoms in total. The van der Waals surface area contributed by atoms with Gasteiger partial charge in [0.25, 0.3) is 0 Å². The monoisotopic (exact) mass is 493 g/mol. The fraction of sp³-hybridized carbons (Fsp3) is 0.704. The average molecular weight is 494 g/mol. The highest BCUT2D eigenvalue weighted by Gasteiger charge is 2.44. The van der Waals surface area contributed by atoms with Gasteiger partial charge in [0.05, 0.1) is 36.9 Å². The van der Waals surface area contributed by atoms with E-state index in [9.17, 15) is 14.7 Å². The number of hydrogen-bond acceptors (Lipinski definition) is 7. The molecule has 6 atom stereocenters. The van der Waals surface area contributed by atoms with E-state index in [1.807, 2.05) is 51.1 Å². The molecular weight excluding hydrogens is 450 g/mol. The molecule has 0 aromatic heterocycles. The Bertz CT molecular complexity index is 785. The van der Waals surface area contributed by atoms with Gasteiger partial charge in [-0.15, -0.1) is 0 Å². The molecule has 0 saturated carbocycles. The highest BCUT2D eigenvalue weighted by Crippen LogP contribution is 2.29. The first-order chi connectivity index (χ1) is 16.6. The number of carbonyl (C=O) groups is 2. The average Bonchev–Trinajstić information content (AvgIpc) is 3.23. The van der Waals surface area contributed by atoms with Crippen LogP contribution >= 0.6 is 0 Å². The van der Waals surface area contributed by atoms with Crippen molar-refractivity contribution in [3.63, 3.8) is 0 Å². The lowest BCUT2D eigenvalue weighted by atomic mass is 9.84. The Labute approximate surface area is 209 Å². The Morgan fingerprint density at radius 2 is 1.74 bits per heavy atom. The molecule has 198 valence electrons. The normalized spacial score (nSPS) is 20.6. The third-order valence-corrected chi connectivity index (χ3v) is 6.85. The summed E-state index contributed by atoms with van der Waals surface area (Å²) in [5.41, 5.74) is 1.08. The minimum Gasteiger partial charge on any atom is -0.447 e. The van der Waals surface area contributed by atoms with E-state index >= 15 is 0 Å². The number of aliphatic hydroxyl groups excluding tert-OH is 1. The van der Waals surface area contributed by atoms with E-state index in [0.717, 1.165) is 10.5 Å². The van der Waals surface area contributed by atoms with E-state index in [4.69, 9.17) is 18.9 Å². The summed E-state index contributed by atoms with van der Waals surface area (Å²) < 4.78 is 22.5. The number of cyclic esters (lactones) is 1. The summed E-state index contributed by atoms with van der Waals surface area (Å²) >= 11 is 0. The van der Waals surface area contributed by atoms with Crippen LogP contribution in [-0.4, -0.2) is 66.9 Å². The zero-order chi connectivity index (χ0) is 26.1. The molecule has 2 rings (SSSR count). The number of methoxy groups -OCH3 is 1. The van der Waals surface area contributed by atoms with Gasteiger partial charge < -0.3 is 24.1 Å². The summed E-state index contributed by atoms with van der Waals surface area (Å²) in [7, 11) is 1.54. The standard InChI is InChI=1S/C27H43NO7/c1-17(2)22-15-34-27(31)28(22)26(30)20(6)25(29)19(5)24(35-16-32-7)13-23(18(3)4)33-14-21-11-9-8-10-12-21/h8-12,17-20,22-25,29H,13-16H2,1-7H3/t19-,20-,22+,23-,24+,25+/m0/s1. The van der Waals surface area contributed by atoms with Crippen molar-refractivity contribution in [2.45, 2.75) is 78.9 Å². The SMILES string of the molecule is COCO[C@H](C[C@H](OCc1ccccc1)C(C)C)[C@H](C)[C@@H](O)[C@H](C)C(=O)N1C(=O)OC[C@@H]1C(C)C. The number of carbonyl (C=O) groups excluding carboxylic acids is 2. The van der Waals surface area contributed by atoms with Crippen LogP contribution in [0, 0.1) is 23.7 Å². The molecule has 2 amide bonds. The number of nitrogens with zero attached hydrogens (tertiary/aromatic N) is 1. The zero-order valence-electron chi connectivity index (χ0n) is 22.2. The van der Waals surface area contributed by atoms with Crippen LogP contribution in [-0.2, 0) is 30.3 Å². The largest absolute Gasteiger partial charge is 0.447 e. The molecule has 1 heterocycles. The maximum Gasteiger partial charge on any atom is 0.416 e. The van der Waals surface area contributed by atoms with Gasteiger partial charge in [-0.25, -0.2) is 9.69 Å². The van der Waals surface area contributed by atoms with Crippen LogP contribution in [0.15, 0.2) is 30.3 Å². The number of hydrogen-bond donors (Lipinski definition) is 1. The number of ether oxygens (including phenoxy) is 4. The minimum absolute atomic E-state index is 0.0542. The second-order valence-electron chi connectivity index (χ2n) is 10.2. The second kappa shape index (κ2) is 13.9. The van der Waals surface area contributed by atoms with Gasteiger partial charge in [-0.1, -0.05) is 71.9 Å². The molecule has 0 aliphatic carbocycles. The van der Waals surface area contributed by atoms with E-state index in [0.29, 0.717) is 13.0 Å². The van der Waals surface area contributed by atoms with Gasteiger partial charge in [-0.2, -0.15) is 0 Å². The van der Waals surface area contributed by atoms with Crippen LogP contribution in [0.1, 0.15) is 53.5 Å². The lowest BCUT2D eigenvalue weighted by Gasteiger charge is -2.35. The molecule has 1 N–H and O–H groups in total. The molecule has 35 heavy (non-hydrogen) atoms. The van der Waals surface area contributed by atoms with Crippen molar-refractivity contribution < 1.29 is 33.6 Å². The predicted molar refractivity (Wildman–Crippen MR) is 132 cm³/mol. The maximum absolute atomic E-state index is 13.2. The number of imide groups is 1. The first-order valence-corrected chi connectivity index (χ1v) is 12.5. The first kappa shape index (κ1) is 29.2. The zero-order valence-corrected chi connectivity index (χ0v) is 22.2. The number of amides is 2. The van der Waals surface area contributed by atoms with E-state index < -0.39 is 36.0 Å². The smallest absolute Gasteiger partial charge is 0.416 e. The van der Waals surface area contributed by atoms with E-state index in [2.05, 4.69) is 13.8 Å². The number of aliphatic hydroxyl groups is 1. The third kappa shape index (κ3) is 8.00. The van der Waals surface area contributed by atoms with Crippen molar-refractivity contribution in [3.8, 4) is 0 Å². The van der Waals surface area contributed by atoms with Gasteiger partial charge in [0.1, 0.15) is 13.4 Å². The van der Waals surface area contributed by atoms with Crippen LogP contribution < -0.4 is 0 Å². The van der Waals surface area contributed by atoms with Gasteiger partial charge in [-0.3, -0.25) is 4.79 Å². The summed E-state index contributed by atoms with van der Waals surface area (Å²) in [6, 6.07) is 9.62. The highest BCUT2D eigenvalue weighted by molar-refractivity contribution is 5.95. The van der Waals surface area contributed by atoms with Crippen molar-refractivity contribution in [3.05, 3.63) is 35.9 Å². The summed E-state index contributed by atoms with van der Waals surface area (Å²) in [5, 5.41) is 11.2. The molecule has 0 unspecified atom stereocenters. The van der Waals surface area contributed by atoms with Crippen LogP contribution in [0.2, 0.25) is 0 Å². The van der Waals surface area contributed by atoms with E-state index in [1.54, 1.807) is 14.0 Å². The number of benzene rings is 1. The Kier molecular flexibility index (Phi) is 11.6. The Balaban J connectivity index is 2.11. The van der Waals surface area contributed by atoms with Gasteiger partial charge in [0.2, 0.25) is 5.91 Å². The van der Waals surface area contributed by atoms with Gasteiger partial charge >= 0.3 is 6.09 Å². The van der Waals surface area contributed by atoms with Crippen LogP contribution in [0.5, 0.6) is 0 Å². The molecule has 0 bridgehead atoms. The molecule has 1 aliphatic rings. The quantitative estimate of drug-likeness (QED) is 0.387. The molecule has 8 heteroatoms. The second-order valence-corrected chi connectivity index (χ2v) is 10.2. The molecule has 0 radical (unpaired) electrons. The molecular formula is C27H43NO7. The van der Waals surface area contributed by atoms with Crippen LogP contribution in [0.4, 0.5) is 4.79 Å². The molecule has 1 aromatic rings. The summed E-state index contributed by atoms with van der Waals surface area (Å²) in [4.78, 5) is 26.6. The highest BCUT2D eigenvalue weighted by atomic mass is 16.7. The summed E-state index contributed by atoms with van der Waals surface area (Å²) in [5.74, 6) is -1.40. The molecule has 1 aromatic carbocycles. The van der Waals surface area contributed by atoms with Gasteiger partial charge in [0.15, 0.2) is 0 Å².